The number of likely N-dealkylation sites (N-methyl/N-ethyl adjacent to an activating group) is 1. The van der Waals surface area contributed by atoms with Gasteiger partial charge in [0.05, 0.1) is 12.1 Å². The van der Waals surface area contributed by atoms with Gasteiger partial charge < -0.3 is 9.84 Å². The number of carboxylic acid groups (broad SMARTS) is 1. The van der Waals surface area contributed by atoms with Crippen molar-refractivity contribution in [2.75, 3.05) is 39.3 Å². The number of aliphatic carboxylic acids is 1. The van der Waals surface area contributed by atoms with Crippen LogP contribution >= 0.6 is 0 Å². The molecule has 0 spiro atoms. The molecule has 2 rings (SSSR count). The van der Waals surface area contributed by atoms with Crippen LogP contribution in [0.3, 0.4) is 0 Å². The molecule has 1 aliphatic rings. The van der Waals surface area contributed by atoms with E-state index in [0.717, 1.165) is 38.1 Å². The summed E-state index contributed by atoms with van der Waals surface area (Å²) >= 11 is 0. The predicted octanol–water partition coefficient (Wildman–Crippen LogP) is 2.96. The second-order valence-corrected chi connectivity index (χ2v) is 6.40. The molecule has 0 radical (unpaired) electrons. The zero-order valence-corrected chi connectivity index (χ0v) is 14.8. The molecule has 1 aromatic rings. The number of rotatable bonds is 8. The normalized spacial score (nSPS) is 16.8. The molecule has 1 heterocycles. The van der Waals surface area contributed by atoms with Crippen molar-refractivity contribution >= 4 is 5.97 Å². The van der Waals surface area contributed by atoms with Crippen LogP contribution in [0.15, 0.2) is 24.3 Å². The number of carbonyl (C=O) groups is 1. The number of likely N-dealkylation sites (tertiary alicyclic amines) is 1. The number of alkyl halides is 3. The fourth-order valence-corrected chi connectivity index (χ4v) is 3.21. The number of piperidine rings is 1. The first-order valence-electron chi connectivity index (χ1n) is 8.78. The van der Waals surface area contributed by atoms with Crippen molar-refractivity contribution in [1.82, 2.24) is 9.80 Å². The van der Waals surface area contributed by atoms with Gasteiger partial charge in [-0.25, -0.2) is 0 Å². The molecule has 1 aromatic carbocycles. The Morgan fingerprint density at radius 2 is 1.88 bits per heavy atom. The van der Waals surface area contributed by atoms with E-state index in [1.807, 2.05) is 11.8 Å². The van der Waals surface area contributed by atoms with Gasteiger partial charge in [-0.1, -0.05) is 6.92 Å². The molecule has 0 unspecified atom stereocenters. The average molecular weight is 374 g/mol. The van der Waals surface area contributed by atoms with Crippen LogP contribution in [-0.2, 0) is 11.0 Å². The zero-order chi connectivity index (χ0) is 19.2. The molecule has 1 N–H and O–H groups in total. The van der Waals surface area contributed by atoms with Crippen LogP contribution in [0.2, 0.25) is 0 Å². The molecule has 146 valence electrons. The van der Waals surface area contributed by atoms with Crippen LogP contribution < -0.4 is 4.74 Å². The Labute approximate surface area is 151 Å². The lowest BCUT2D eigenvalue weighted by molar-refractivity contribution is -0.139. The summed E-state index contributed by atoms with van der Waals surface area (Å²) in [5.74, 6) is -0.384. The van der Waals surface area contributed by atoms with E-state index < -0.39 is 17.7 Å². The van der Waals surface area contributed by atoms with Crippen LogP contribution in [0.4, 0.5) is 13.2 Å². The maximum Gasteiger partial charge on any atom is 0.416 e. The third-order valence-electron chi connectivity index (χ3n) is 4.68. The molecule has 8 heteroatoms. The SMILES string of the molecule is CCN(CC(=O)O)C1CCN(CCOc2ccc(C(F)(F)F)cc2)CC1. The van der Waals surface area contributed by atoms with E-state index in [2.05, 4.69) is 4.90 Å². The van der Waals surface area contributed by atoms with Crippen LogP contribution in [0, 0.1) is 0 Å². The molecule has 1 fully saturated rings. The highest BCUT2D eigenvalue weighted by Gasteiger charge is 2.30. The predicted molar refractivity (Wildman–Crippen MR) is 91.3 cm³/mol. The Balaban J connectivity index is 1.71. The van der Waals surface area contributed by atoms with E-state index in [1.54, 1.807) is 0 Å². The Hall–Kier alpha value is -1.80. The fourth-order valence-electron chi connectivity index (χ4n) is 3.21. The second-order valence-electron chi connectivity index (χ2n) is 6.40. The van der Waals surface area contributed by atoms with Crippen LogP contribution in [-0.4, -0.2) is 66.2 Å². The molecular weight excluding hydrogens is 349 g/mol. The lowest BCUT2D eigenvalue weighted by Gasteiger charge is -2.37. The van der Waals surface area contributed by atoms with E-state index >= 15 is 0 Å². The molecule has 0 atom stereocenters. The minimum Gasteiger partial charge on any atom is -0.492 e. The van der Waals surface area contributed by atoms with Gasteiger partial charge in [0, 0.05) is 12.6 Å². The summed E-state index contributed by atoms with van der Waals surface area (Å²) < 4.78 is 43.1. The van der Waals surface area contributed by atoms with Crippen molar-refractivity contribution in [2.24, 2.45) is 0 Å². The maximum atomic E-state index is 12.5. The molecule has 0 bridgehead atoms. The molecule has 0 amide bonds. The van der Waals surface area contributed by atoms with Crippen LogP contribution in [0.1, 0.15) is 25.3 Å². The van der Waals surface area contributed by atoms with Crippen molar-refractivity contribution in [3.05, 3.63) is 29.8 Å². The van der Waals surface area contributed by atoms with Gasteiger partial charge in [-0.15, -0.1) is 0 Å². The average Bonchev–Trinajstić information content (AvgIpc) is 2.60. The molecule has 5 nitrogen and oxygen atoms in total. The van der Waals surface area contributed by atoms with Crippen molar-refractivity contribution in [3.8, 4) is 5.75 Å². The first kappa shape index (κ1) is 20.5. The van der Waals surface area contributed by atoms with E-state index in [1.165, 1.54) is 12.1 Å². The van der Waals surface area contributed by atoms with E-state index in [9.17, 15) is 18.0 Å². The minimum atomic E-state index is -4.34. The van der Waals surface area contributed by atoms with Gasteiger partial charge in [-0.05, 0) is 56.7 Å². The van der Waals surface area contributed by atoms with Crippen LogP contribution in [0.5, 0.6) is 5.75 Å². The van der Waals surface area contributed by atoms with Gasteiger partial charge in [0.1, 0.15) is 12.4 Å². The fraction of sp³-hybridized carbons (Fsp3) is 0.611. The van der Waals surface area contributed by atoms with E-state index in [-0.39, 0.29) is 12.6 Å². The largest absolute Gasteiger partial charge is 0.492 e. The van der Waals surface area contributed by atoms with Crippen molar-refractivity contribution < 1.29 is 27.8 Å². The highest BCUT2D eigenvalue weighted by atomic mass is 19.4. The zero-order valence-electron chi connectivity index (χ0n) is 14.8. The Bertz CT molecular complexity index is 570. The van der Waals surface area contributed by atoms with Gasteiger partial charge in [0.15, 0.2) is 0 Å². The Morgan fingerprint density at radius 3 is 2.38 bits per heavy atom. The molecule has 1 aliphatic heterocycles. The molecule has 0 aromatic heterocycles. The van der Waals surface area contributed by atoms with Crippen molar-refractivity contribution in [2.45, 2.75) is 32.0 Å². The number of nitrogens with zero attached hydrogens (tertiary/aromatic N) is 2. The molecular formula is C18H25F3N2O3. The van der Waals surface area contributed by atoms with Crippen molar-refractivity contribution in [1.29, 1.82) is 0 Å². The molecule has 1 saturated heterocycles. The highest BCUT2D eigenvalue weighted by molar-refractivity contribution is 5.69. The van der Waals surface area contributed by atoms with E-state index in [4.69, 9.17) is 9.84 Å². The summed E-state index contributed by atoms with van der Waals surface area (Å²) in [5.41, 5.74) is -0.686. The lowest BCUT2D eigenvalue weighted by atomic mass is 10.0. The smallest absolute Gasteiger partial charge is 0.416 e. The minimum absolute atomic E-state index is 0.0677. The summed E-state index contributed by atoms with van der Waals surface area (Å²) in [6.45, 7) is 5.56. The number of hydrogen-bond donors (Lipinski definition) is 1. The van der Waals surface area contributed by atoms with Crippen molar-refractivity contribution in [3.63, 3.8) is 0 Å². The standard InChI is InChI=1S/C18H25F3N2O3/c1-2-23(13-17(24)25)15-7-9-22(10-8-15)11-12-26-16-5-3-14(4-6-16)18(19,20)21/h3-6,15H,2,7-13H2,1H3,(H,24,25). The lowest BCUT2D eigenvalue weighted by Crippen LogP contribution is -2.47. The molecule has 0 aliphatic carbocycles. The summed E-state index contributed by atoms with van der Waals surface area (Å²) in [5, 5.41) is 8.95. The summed E-state index contributed by atoms with van der Waals surface area (Å²) in [4.78, 5) is 15.1. The third kappa shape index (κ3) is 6.17. The second kappa shape index (κ2) is 9.23. The van der Waals surface area contributed by atoms with E-state index in [0.29, 0.717) is 25.4 Å². The first-order chi connectivity index (χ1) is 12.3. The topological polar surface area (TPSA) is 53.0 Å². The maximum absolute atomic E-state index is 12.5. The summed E-state index contributed by atoms with van der Waals surface area (Å²) in [6, 6.07) is 4.98. The quantitative estimate of drug-likeness (QED) is 0.758. The number of benzene rings is 1. The number of hydrogen-bond acceptors (Lipinski definition) is 4. The Kier molecular flexibility index (Phi) is 7.28. The van der Waals surface area contributed by atoms with Gasteiger partial charge in [-0.2, -0.15) is 13.2 Å². The molecule has 0 saturated carbocycles. The number of halogens is 3. The summed E-state index contributed by atoms with van der Waals surface area (Å²) in [7, 11) is 0. The third-order valence-corrected chi connectivity index (χ3v) is 4.68. The number of ether oxygens (including phenoxy) is 1. The molecule has 26 heavy (non-hydrogen) atoms. The first-order valence-corrected chi connectivity index (χ1v) is 8.78. The van der Waals surface area contributed by atoms with Gasteiger partial charge in [0.2, 0.25) is 0 Å². The van der Waals surface area contributed by atoms with Crippen LogP contribution in [0.25, 0.3) is 0 Å². The van der Waals surface area contributed by atoms with Gasteiger partial charge in [0.25, 0.3) is 0 Å². The number of carboxylic acids is 1. The van der Waals surface area contributed by atoms with Gasteiger partial charge >= 0.3 is 12.1 Å². The van der Waals surface area contributed by atoms with Gasteiger partial charge in [-0.3, -0.25) is 14.6 Å². The monoisotopic (exact) mass is 374 g/mol. The summed E-state index contributed by atoms with van der Waals surface area (Å²) in [6.07, 6.45) is -2.53. The highest BCUT2D eigenvalue weighted by Crippen LogP contribution is 2.30. The Morgan fingerprint density at radius 1 is 1.27 bits per heavy atom.